The Bertz CT molecular complexity index is 493. The first kappa shape index (κ1) is 14.6. The molecule has 8 heteroatoms. The summed E-state index contributed by atoms with van der Waals surface area (Å²) in [4.78, 5) is 16.5. The molecule has 0 aromatic carbocycles. The average Bonchev–Trinajstić information content (AvgIpc) is 2.37. The monoisotopic (exact) mass is 290 g/mol. The van der Waals surface area contributed by atoms with Crippen molar-refractivity contribution >= 4 is 11.8 Å². The highest BCUT2D eigenvalue weighted by molar-refractivity contribution is 5.88. The molecule has 1 aliphatic rings. The molecule has 1 aromatic heterocycles. The molecule has 110 valence electrons. The number of hydrogen-bond acceptors (Lipinski definition) is 4. The number of ether oxygens (including phenoxy) is 1. The number of morpholine rings is 1. The maximum atomic E-state index is 12.3. The molecule has 1 saturated heterocycles. The number of aromatic nitrogens is 1. The zero-order valence-electron chi connectivity index (χ0n) is 10.4. The molecule has 1 unspecified atom stereocenters. The molecule has 0 saturated carbocycles. The van der Waals surface area contributed by atoms with Crippen LogP contribution in [0.5, 0.6) is 0 Å². The lowest BCUT2D eigenvalue weighted by Gasteiger charge is -2.34. The first-order valence-corrected chi connectivity index (χ1v) is 5.98. The molecule has 0 aliphatic carbocycles. The van der Waals surface area contributed by atoms with Crippen LogP contribution in [0.15, 0.2) is 18.3 Å². The lowest BCUT2D eigenvalue weighted by molar-refractivity contribution is -0.161. The van der Waals surface area contributed by atoms with E-state index >= 15 is 0 Å². The highest BCUT2D eigenvalue weighted by Gasteiger charge is 2.35. The van der Waals surface area contributed by atoms with Gasteiger partial charge in [0.2, 0.25) is 0 Å². The van der Waals surface area contributed by atoms with Crippen LogP contribution in [-0.4, -0.2) is 48.0 Å². The van der Waals surface area contributed by atoms with Gasteiger partial charge in [0.25, 0.3) is 0 Å². The van der Waals surface area contributed by atoms with Crippen molar-refractivity contribution in [1.29, 1.82) is 0 Å². The Morgan fingerprint density at radius 3 is 2.95 bits per heavy atom. The normalized spacial score (nSPS) is 19.9. The summed E-state index contributed by atoms with van der Waals surface area (Å²) in [5.74, 6) is -0.755. The molecule has 1 atom stereocenters. The minimum atomic E-state index is -4.29. The fourth-order valence-corrected chi connectivity index (χ4v) is 2.03. The lowest BCUT2D eigenvalue weighted by Crippen LogP contribution is -2.44. The molecule has 0 radical (unpaired) electrons. The van der Waals surface area contributed by atoms with Gasteiger partial charge in [-0.1, -0.05) is 0 Å². The molecule has 1 aliphatic heterocycles. The number of alkyl halides is 3. The second kappa shape index (κ2) is 5.66. The molecule has 0 bridgehead atoms. The zero-order chi connectivity index (χ0) is 14.8. The molecule has 1 N–H and O–H groups in total. The summed E-state index contributed by atoms with van der Waals surface area (Å²) in [6, 6.07) is 2.68. The van der Waals surface area contributed by atoms with Crippen molar-refractivity contribution in [3.8, 4) is 0 Å². The minimum absolute atomic E-state index is 0.0373. The molecule has 5 nitrogen and oxygen atoms in total. The molecule has 2 heterocycles. The van der Waals surface area contributed by atoms with E-state index < -0.39 is 24.7 Å². The topological polar surface area (TPSA) is 62.7 Å². The third kappa shape index (κ3) is 3.83. The molecule has 0 spiro atoms. The molecule has 20 heavy (non-hydrogen) atoms. The highest BCUT2D eigenvalue weighted by Crippen LogP contribution is 2.26. The Kier molecular flexibility index (Phi) is 4.12. The molecule has 1 aromatic rings. The maximum absolute atomic E-state index is 12.3. The Morgan fingerprint density at radius 1 is 1.55 bits per heavy atom. The second-order valence-corrected chi connectivity index (χ2v) is 4.47. The van der Waals surface area contributed by atoms with Crippen LogP contribution in [-0.2, 0) is 4.74 Å². The van der Waals surface area contributed by atoms with E-state index in [1.807, 2.05) is 0 Å². The van der Waals surface area contributed by atoms with Crippen LogP contribution < -0.4 is 4.90 Å². The molecular formula is C12H13F3N2O3. The van der Waals surface area contributed by atoms with Gasteiger partial charge in [0.05, 0.1) is 24.7 Å². The lowest BCUT2D eigenvalue weighted by atomic mass is 10.2. The number of anilines is 1. The number of halogens is 3. The number of carbonyl (C=O) groups is 1. The average molecular weight is 290 g/mol. The molecular weight excluding hydrogens is 277 g/mol. The van der Waals surface area contributed by atoms with Gasteiger partial charge < -0.3 is 14.7 Å². The van der Waals surface area contributed by atoms with Gasteiger partial charge in [-0.2, -0.15) is 13.2 Å². The molecule has 2 rings (SSSR count). The van der Waals surface area contributed by atoms with Gasteiger partial charge in [0.15, 0.2) is 0 Å². The third-order valence-electron chi connectivity index (χ3n) is 2.91. The van der Waals surface area contributed by atoms with Crippen LogP contribution >= 0.6 is 0 Å². The van der Waals surface area contributed by atoms with Crippen molar-refractivity contribution in [3.05, 3.63) is 23.9 Å². The van der Waals surface area contributed by atoms with Crippen LogP contribution in [0.25, 0.3) is 0 Å². The number of rotatable bonds is 3. The SMILES string of the molecule is O=C(O)c1ccnc(N2CCOC(CC(F)(F)F)C2)c1. The van der Waals surface area contributed by atoms with Crippen LogP contribution in [0.3, 0.4) is 0 Å². The summed E-state index contributed by atoms with van der Waals surface area (Å²) in [6.45, 7) is 0.569. The van der Waals surface area contributed by atoms with Crippen LogP contribution in [0.2, 0.25) is 0 Å². The summed E-state index contributed by atoms with van der Waals surface area (Å²) in [7, 11) is 0. The predicted molar refractivity (Wildman–Crippen MR) is 63.8 cm³/mol. The Morgan fingerprint density at radius 2 is 2.30 bits per heavy atom. The van der Waals surface area contributed by atoms with E-state index in [9.17, 15) is 18.0 Å². The van der Waals surface area contributed by atoms with E-state index in [1.165, 1.54) is 18.3 Å². The summed E-state index contributed by atoms with van der Waals surface area (Å²) >= 11 is 0. The summed E-state index contributed by atoms with van der Waals surface area (Å²) in [5, 5.41) is 8.89. The second-order valence-electron chi connectivity index (χ2n) is 4.47. The van der Waals surface area contributed by atoms with Crippen molar-refractivity contribution in [2.75, 3.05) is 24.6 Å². The highest BCUT2D eigenvalue weighted by atomic mass is 19.4. The standard InChI is InChI=1S/C12H13F3N2O3/c13-12(14,15)6-9-7-17(3-4-20-9)10-5-8(11(18)19)1-2-16-10/h1-2,5,9H,3-4,6-7H2,(H,18,19). The fraction of sp³-hybridized carbons (Fsp3) is 0.500. The van der Waals surface area contributed by atoms with E-state index in [1.54, 1.807) is 4.90 Å². The first-order valence-electron chi connectivity index (χ1n) is 5.98. The van der Waals surface area contributed by atoms with Crippen LogP contribution in [0, 0.1) is 0 Å². The smallest absolute Gasteiger partial charge is 0.391 e. The largest absolute Gasteiger partial charge is 0.478 e. The van der Waals surface area contributed by atoms with Crippen molar-refractivity contribution in [2.45, 2.75) is 18.7 Å². The van der Waals surface area contributed by atoms with Gasteiger partial charge in [0.1, 0.15) is 5.82 Å². The fourth-order valence-electron chi connectivity index (χ4n) is 2.03. The number of carboxylic acids is 1. The van der Waals surface area contributed by atoms with Crippen LogP contribution in [0.4, 0.5) is 19.0 Å². The quantitative estimate of drug-likeness (QED) is 0.921. The van der Waals surface area contributed by atoms with Gasteiger partial charge >= 0.3 is 12.1 Å². The van der Waals surface area contributed by atoms with E-state index in [0.29, 0.717) is 12.4 Å². The Hall–Kier alpha value is -1.83. The van der Waals surface area contributed by atoms with Crippen molar-refractivity contribution in [3.63, 3.8) is 0 Å². The Labute approximate surface area is 113 Å². The van der Waals surface area contributed by atoms with Gasteiger partial charge in [-0.3, -0.25) is 0 Å². The van der Waals surface area contributed by atoms with E-state index in [4.69, 9.17) is 9.84 Å². The van der Waals surface area contributed by atoms with Crippen molar-refractivity contribution in [1.82, 2.24) is 4.98 Å². The van der Waals surface area contributed by atoms with E-state index in [2.05, 4.69) is 4.98 Å². The summed E-state index contributed by atoms with van der Waals surface area (Å²) in [5.41, 5.74) is 0.0499. The zero-order valence-corrected chi connectivity index (χ0v) is 10.4. The van der Waals surface area contributed by atoms with Gasteiger partial charge in [0, 0.05) is 19.3 Å². The first-order chi connectivity index (χ1) is 9.35. The van der Waals surface area contributed by atoms with E-state index in [-0.39, 0.29) is 18.7 Å². The summed E-state index contributed by atoms with van der Waals surface area (Å²) < 4.78 is 42.1. The van der Waals surface area contributed by atoms with Gasteiger partial charge in [-0.25, -0.2) is 9.78 Å². The number of nitrogens with zero attached hydrogens (tertiary/aromatic N) is 2. The predicted octanol–water partition coefficient (Wildman–Crippen LogP) is 1.94. The van der Waals surface area contributed by atoms with Crippen molar-refractivity contribution < 1.29 is 27.8 Å². The van der Waals surface area contributed by atoms with Crippen molar-refractivity contribution in [2.24, 2.45) is 0 Å². The van der Waals surface area contributed by atoms with E-state index in [0.717, 1.165) is 0 Å². The van der Waals surface area contributed by atoms with Gasteiger partial charge in [-0.15, -0.1) is 0 Å². The third-order valence-corrected chi connectivity index (χ3v) is 2.91. The number of pyridine rings is 1. The number of carboxylic acid groups (broad SMARTS) is 1. The minimum Gasteiger partial charge on any atom is -0.478 e. The van der Waals surface area contributed by atoms with Crippen LogP contribution in [0.1, 0.15) is 16.8 Å². The number of aromatic carboxylic acids is 1. The number of hydrogen-bond donors (Lipinski definition) is 1. The van der Waals surface area contributed by atoms with Gasteiger partial charge in [-0.05, 0) is 12.1 Å². The Balaban J connectivity index is 2.09. The molecule has 1 fully saturated rings. The molecule has 0 amide bonds. The summed E-state index contributed by atoms with van der Waals surface area (Å²) in [6.07, 6.45) is -4.95. The maximum Gasteiger partial charge on any atom is 0.391 e.